The predicted molar refractivity (Wildman–Crippen MR) is 69.7 cm³/mol. The first-order valence-electron chi connectivity index (χ1n) is 5.70. The number of pyridine rings is 1. The number of nitrogens with one attached hydrogen (secondary N) is 1. The summed E-state index contributed by atoms with van der Waals surface area (Å²) in [5.41, 5.74) is -0.133. The number of methoxy groups -OCH3 is 1. The van der Waals surface area contributed by atoms with E-state index in [2.05, 4.69) is 9.71 Å². The van der Waals surface area contributed by atoms with E-state index in [1.54, 1.807) is 13.2 Å². The lowest BCUT2D eigenvalue weighted by Crippen LogP contribution is -2.40. The second-order valence-electron chi connectivity index (χ2n) is 5.13. The molecule has 0 spiro atoms. The van der Waals surface area contributed by atoms with Crippen LogP contribution in [0.15, 0.2) is 29.4 Å². The molecule has 1 N–H and O–H groups in total. The molecule has 0 radical (unpaired) electrons. The molecule has 5 nitrogen and oxygen atoms in total. The Bertz CT molecular complexity index is 466. The van der Waals surface area contributed by atoms with E-state index < -0.39 is 10.0 Å². The van der Waals surface area contributed by atoms with E-state index in [0.29, 0.717) is 0 Å². The Morgan fingerprint density at radius 2 is 2.11 bits per heavy atom. The molecular weight excluding hydrogens is 252 g/mol. The first-order valence-corrected chi connectivity index (χ1v) is 7.18. The minimum atomic E-state index is -3.52. The van der Waals surface area contributed by atoms with Crippen LogP contribution < -0.4 is 4.72 Å². The van der Waals surface area contributed by atoms with Gasteiger partial charge in [-0.15, -0.1) is 0 Å². The van der Waals surface area contributed by atoms with E-state index in [1.807, 2.05) is 20.8 Å². The molecule has 0 amide bonds. The summed E-state index contributed by atoms with van der Waals surface area (Å²) < 4.78 is 31.8. The zero-order chi connectivity index (χ0) is 13.8. The average molecular weight is 272 g/mol. The Morgan fingerprint density at radius 1 is 1.44 bits per heavy atom. The minimum Gasteiger partial charge on any atom is -0.380 e. The van der Waals surface area contributed by atoms with E-state index >= 15 is 0 Å². The highest BCUT2D eigenvalue weighted by molar-refractivity contribution is 7.89. The monoisotopic (exact) mass is 272 g/mol. The molecule has 0 bridgehead atoms. The van der Waals surface area contributed by atoms with Crippen molar-refractivity contribution in [2.24, 2.45) is 5.41 Å². The number of rotatable bonds is 5. The zero-order valence-corrected chi connectivity index (χ0v) is 12.0. The first kappa shape index (κ1) is 15.1. The second kappa shape index (κ2) is 5.77. The quantitative estimate of drug-likeness (QED) is 0.880. The van der Waals surface area contributed by atoms with Crippen molar-refractivity contribution in [3.05, 3.63) is 24.5 Å². The zero-order valence-electron chi connectivity index (χ0n) is 11.2. The van der Waals surface area contributed by atoms with Crippen LogP contribution in [0, 0.1) is 5.41 Å². The van der Waals surface area contributed by atoms with E-state index in [4.69, 9.17) is 4.74 Å². The van der Waals surface area contributed by atoms with Crippen LogP contribution in [-0.2, 0) is 14.8 Å². The normalized spacial score (nSPS) is 14.4. The Balaban J connectivity index is 2.74. The van der Waals surface area contributed by atoms with Crippen molar-refractivity contribution in [3.63, 3.8) is 0 Å². The molecule has 1 aromatic heterocycles. The first-order chi connectivity index (χ1) is 8.27. The molecule has 1 heterocycles. The van der Waals surface area contributed by atoms with Gasteiger partial charge in [0.1, 0.15) is 4.90 Å². The van der Waals surface area contributed by atoms with Crippen molar-refractivity contribution in [2.75, 3.05) is 13.7 Å². The molecule has 0 aliphatic rings. The lowest BCUT2D eigenvalue weighted by atomic mass is 9.89. The van der Waals surface area contributed by atoms with Crippen LogP contribution in [0.4, 0.5) is 0 Å². The van der Waals surface area contributed by atoms with Crippen molar-refractivity contribution in [2.45, 2.75) is 31.8 Å². The molecule has 0 fully saturated rings. The molecule has 1 atom stereocenters. The third-order valence-electron chi connectivity index (χ3n) is 2.65. The van der Waals surface area contributed by atoms with Gasteiger partial charge in [0.25, 0.3) is 0 Å². The topological polar surface area (TPSA) is 68.3 Å². The predicted octanol–water partition coefficient (Wildman–Crippen LogP) is 1.42. The summed E-state index contributed by atoms with van der Waals surface area (Å²) in [4.78, 5) is 3.96. The van der Waals surface area contributed by atoms with Gasteiger partial charge < -0.3 is 4.74 Å². The van der Waals surface area contributed by atoms with Crippen LogP contribution in [0.2, 0.25) is 0 Å². The summed E-state index contributed by atoms with van der Waals surface area (Å²) in [6.45, 7) is 6.23. The van der Waals surface area contributed by atoms with Crippen molar-refractivity contribution in [1.29, 1.82) is 0 Å². The lowest BCUT2D eigenvalue weighted by molar-refractivity contribution is 0.0212. The maximum Gasteiger partial charge on any atom is 0.242 e. The highest BCUT2D eigenvalue weighted by atomic mass is 32.2. The Labute approximate surface area is 109 Å². The minimum absolute atomic E-state index is 0.133. The SMILES string of the molecule is CO[C@@H](CNS(=O)(=O)c1cccnc1)C(C)(C)C. The summed E-state index contributed by atoms with van der Waals surface area (Å²) in [7, 11) is -1.94. The molecule has 0 aromatic carbocycles. The van der Waals surface area contributed by atoms with Gasteiger partial charge in [0.05, 0.1) is 6.10 Å². The Kier molecular flexibility index (Phi) is 4.84. The summed E-state index contributed by atoms with van der Waals surface area (Å²) in [6.07, 6.45) is 2.66. The van der Waals surface area contributed by atoms with Gasteiger partial charge in [0.2, 0.25) is 10.0 Å². The summed E-state index contributed by atoms with van der Waals surface area (Å²) in [5, 5.41) is 0. The standard InChI is InChI=1S/C12H20N2O3S/c1-12(2,3)11(17-4)9-14-18(15,16)10-6-5-7-13-8-10/h5-8,11,14H,9H2,1-4H3/t11-/m0/s1. The number of sulfonamides is 1. The molecule has 18 heavy (non-hydrogen) atoms. The molecule has 6 heteroatoms. The summed E-state index contributed by atoms with van der Waals surface area (Å²) in [6, 6.07) is 3.10. The molecular formula is C12H20N2O3S. The third-order valence-corrected chi connectivity index (χ3v) is 4.06. The van der Waals surface area contributed by atoms with Gasteiger partial charge in [-0.3, -0.25) is 4.98 Å². The number of nitrogens with zero attached hydrogens (tertiary/aromatic N) is 1. The highest BCUT2D eigenvalue weighted by Crippen LogP contribution is 2.21. The van der Waals surface area contributed by atoms with Crippen LogP contribution in [0.5, 0.6) is 0 Å². The third kappa shape index (κ3) is 4.04. The van der Waals surface area contributed by atoms with Gasteiger partial charge in [-0.1, -0.05) is 20.8 Å². The molecule has 1 rings (SSSR count). The van der Waals surface area contributed by atoms with E-state index in [0.717, 1.165) is 0 Å². The number of hydrogen-bond acceptors (Lipinski definition) is 4. The molecule has 1 aromatic rings. The van der Waals surface area contributed by atoms with Crippen LogP contribution in [0.3, 0.4) is 0 Å². The smallest absolute Gasteiger partial charge is 0.242 e. The fourth-order valence-corrected chi connectivity index (χ4v) is 2.51. The van der Waals surface area contributed by atoms with E-state index in [9.17, 15) is 8.42 Å². The van der Waals surface area contributed by atoms with Crippen molar-refractivity contribution in [3.8, 4) is 0 Å². The van der Waals surface area contributed by atoms with Gasteiger partial charge in [0, 0.05) is 26.0 Å². The number of aromatic nitrogens is 1. The number of hydrogen-bond donors (Lipinski definition) is 1. The molecule has 0 saturated heterocycles. The maximum atomic E-state index is 12.0. The molecule has 102 valence electrons. The fourth-order valence-electron chi connectivity index (χ4n) is 1.52. The van der Waals surface area contributed by atoms with Crippen LogP contribution >= 0.6 is 0 Å². The van der Waals surface area contributed by atoms with E-state index in [1.165, 1.54) is 18.5 Å². The molecule has 0 saturated carbocycles. The molecule has 0 aliphatic heterocycles. The van der Waals surface area contributed by atoms with Gasteiger partial charge in [-0.25, -0.2) is 13.1 Å². The van der Waals surface area contributed by atoms with Crippen molar-refractivity contribution in [1.82, 2.24) is 9.71 Å². The fraction of sp³-hybridized carbons (Fsp3) is 0.583. The average Bonchev–Trinajstić information content (AvgIpc) is 2.29. The summed E-state index contributed by atoms with van der Waals surface area (Å²) >= 11 is 0. The van der Waals surface area contributed by atoms with Crippen molar-refractivity contribution < 1.29 is 13.2 Å². The van der Waals surface area contributed by atoms with Crippen LogP contribution in [0.25, 0.3) is 0 Å². The second-order valence-corrected chi connectivity index (χ2v) is 6.90. The highest BCUT2D eigenvalue weighted by Gasteiger charge is 2.26. The lowest BCUT2D eigenvalue weighted by Gasteiger charge is -2.29. The van der Waals surface area contributed by atoms with Gasteiger partial charge >= 0.3 is 0 Å². The number of ether oxygens (including phenoxy) is 1. The van der Waals surface area contributed by atoms with Crippen LogP contribution in [-0.4, -0.2) is 33.2 Å². The largest absolute Gasteiger partial charge is 0.380 e. The molecule has 0 unspecified atom stereocenters. The maximum absolute atomic E-state index is 12.0. The molecule has 0 aliphatic carbocycles. The van der Waals surface area contributed by atoms with Gasteiger partial charge in [-0.05, 0) is 17.5 Å². The summed E-state index contributed by atoms with van der Waals surface area (Å²) in [5.74, 6) is 0. The van der Waals surface area contributed by atoms with Gasteiger partial charge in [-0.2, -0.15) is 0 Å². The van der Waals surface area contributed by atoms with E-state index in [-0.39, 0.29) is 23.0 Å². The van der Waals surface area contributed by atoms with Gasteiger partial charge in [0.15, 0.2) is 0 Å². The Hall–Kier alpha value is -0.980. The Morgan fingerprint density at radius 3 is 2.56 bits per heavy atom. The van der Waals surface area contributed by atoms with Crippen molar-refractivity contribution >= 4 is 10.0 Å². The van der Waals surface area contributed by atoms with Crippen LogP contribution in [0.1, 0.15) is 20.8 Å².